The first kappa shape index (κ1) is 19.3. The lowest BCUT2D eigenvalue weighted by Crippen LogP contribution is -2.61. The van der Waals surface area contributed by atoms with Crippen LogP contribution in [0.15, 0.2) is 30.3 Å². The summed E-state index contributed by atoms with van der Waals surface area (Å²) >= 11 is 0. The smallest absolute Gasteiger partial charge is 0.315 e. The Bertz CT molecular complexity index is 653. The quantitative estimate of drug-likeness (QED) is 0.602. The normalized spacial score (nSPS) is 30.1. The van der Waals surface area contributed by atoms with Crippen LogP contribution in [-0.2, 0) is 11.2 Å². The number of hydrogen-bond donors (Lipinski definition) is 3. The lowest BCUT2D eigenvalue weighted by molar-refractivity contribution is -0.120. The lowest BCUT2D eigenvalue weighted by Gasteiger charge is -2.56. The Labute approximate surface area is 168 Å². The van der Waals surface area contributed by atoms with Crippen molar-refractivity contribution in [1.29, 1.82) is 0 Å². The molecule has 4 aliphatic rings. The highest BCUT2D eigenvalue weighted by Gasteiger charge is 2.51. The molecular weight excluding hydrogens is 350 g/mol. The zero-order chi connectivity index (χ0) is 19.4. The molecule has 0 unspecified atom stereocenters. The second-order valence-corrected chi connectivity index (χ2v) is 9.27. The summed E-state index contributed by atoms with van der Waals surface area (Å²) in [7, 11) is 0. The van der Waals surface area contributed by atoms with Gasteiger partial charge in [-0.25, -0.2) is 4.79 Å². The van der Waals surface area contributed by atoms with Gasteiger partial charge in [0.15, 0.2) is 0 Å². The molecule has 0 aromatic heterocycles. The second kappa shape index (κ2) is 8.54. The fourth-order valence-corrected chi connectivity index (χ4v) is 6.09. The van der Waals surface area contributed by atoms with E-state index in [0.717, 1.165) is 49.9 Å². The third-order valence-electron chi connectivity index (χ3n) is 6.86. The minimum Gasteiger partial charge on any atom is -0.356 e. The van der Waals surface area contributed by atoms with Crippen LogP contribution in [0.5, 0.6) is 0 Å². The van der Waals surface area contributed by atoms with Gasteiger partial charge in [-0.05, 0) is 74.7 Å². The zero-order valence-corrected chi connectivity index (χ0v) is 16.7. The Balaban J connectivity index is 1.10. The summed E-state index contributed by atoms with van der Waals surface area (Å²) in [6.07, 6.45) is 9.77. The van der Waals surface area contributed by atoms with Crippen LogP contribution in [0.2, 0.25) is 0 Å². The van der Waals surface area contributed by atoms with Gasteiger partial charge in [0.1, 0.15) is 0 Å². The van der Waals surface area contributed by atoms with E-state index in [1.807, 2.05) is 18.2 Å². The van der Waals surface area contributed by atoms with E-state index < -0.39 is 0 Å². The van der Waals surface area contributed by atoms with Crippen molar-refractivity contribution in [2.45, 2.75) is 63.3 Å². The van der Waals surface area contributed by atoms with E-state index in [2.05, 4.69) is 28.1 Å². The summed E-state index contributed by atoms with van der Waals surface area (Å²) in [5, 5.41) is 9.12. The standard InChI is InChI=1S/C23H33N3O2/c27-21(24-9-4-7-17-5-2-1-3-6-17)8-10-25-22(28)26-23-14-18-11-19(15-23)13-20(12-18)16-23/h1-3,5-6,18-20H,4,7-16H2,(H,24,27)(H2,25,26,28). The Kier molecular flexibility index (Phi) is 5.88. The van der Waals surface area contributed by atoms with Gasteiger partial charge in [-0.3, -0.25) is 4.79 Å². The van der Waals surface area contributed by atoms with Crippen molar-refractivity contribution in [3.05, 3.63) is 35.9 Å². The lowest BCUT2D eigenvalue weighted by atomic mass is 9.53. The number of hydrogen-bond acceptors (Lipinski definition) is 2. The molecule has 152 valence electrons. The van der Waals surface area contributed by atoms with E-state index in [9.17, 15) is 9.59 Å². The predicted molar refractivity (Wildman–Crippen MR) is 110 cm³/mol. The fraction of sp³-hybridized carbons (Fsp3) is 0.652. The van der Waals surface area contributed by atoms with Crippen LogP contribution in [-0.4, -0.2) is 30.6 Å². The molecule has 0 radical (unpaired) electrons. The minimum atomic E-state index is -0.0983. The van der Waals surface area contributed by atoms with Crippen LogP contribution >= 0.6 is 0 Å². The monoisotopic (exact) mass is 383 g/mol. The van der Waals surface area contributed by atoms with E-state index in [4.69, 9.17) is 0 Å². The number of carbonyl (C=O) groups is 2. The van der Waals surface area contributed by atoms with E-state index in [-0.39, 0.29) is 17.5 Å². The molecule has 1 aromatic rings. The number of amides is 3. The van der Waals surface area contributed by atoms with Crippen molar-refractivity contribution < 1.29 is 9.59 Å². The molecule has 3 amide bonds. The van der Waals surface area contributed by atoms with E-state index >= 15 is 0 Å². The average Bonchev–Trinajstić information content (AvgIpc) is 2.64. The molecule has 5 nitrogen and oxygen atoms in total. The summed E-state index contributed by atoms with van der Waals surface area (Å²) in [5.41, 5.74) is 1.32. The Morgan fingerprint density at radius 1 is 0.893 bits per heavy atom. The number of aryl methyl sites for hydroxylation is 1. The second-order valence-electron chi connectivity index (χ2n) is 9.27. The summed E-state index contributed by atoms with van der Waals surface area (Å²) < 4.78 is 0. The SMILES string of the molecule is O=C(CCNC(=O)NC12CC3CC(CC(C3)C1)C2)NCCCc1ccccc1. The molecule has 4 aliphatic carbocycles. The molecule has 0 atom stereocenters. The molecule has 4 fully saturated rings. The molecule has 0 heterocycles. The molecule has 3 N–H and O–H groups in total. The number of urea groups is 1. The molecule has 4 bridgehead atoms. The third kappa shape index (κ3) is 4.86. The third-order valence-corrected chi connectivity index (χ3v) is 6.86. The molecule has 5 rings (SSSR count). The minimum absolute atomic E-state index is 0.00293. The highest BCUT2D eigenvalue weighted by atomic mass is 16.2. The molecule has 0 aliphatic heterocycles. The highest BCUT2D eigenvalue weighted by Crippen LogP contribution is 2.55. The number of nitrogens with one attached hydrogen (secondary N) is 3. The maximum atomic E-state index is 12.4. The Morgan fingerprint density at radius 2 is 1.54 bits per heavy atom. The Morgan fingerprint density at radius 3 is 2.18 bits per heavy atom. The topological polar surface area (TPSA) is 70.2 Å². The molecule has 4 saturated carbocycles. The molecule has 5 heteroatoms. The van der Waals surface area contributed by atoms with Crippen molar-refractivity contribution in [2.24, 2.45) is 17.8 Å². The van der Waals surface area contributed by atoms with Crippen molar-refractivity contribution >= 4 is 11.9 Å². The van der Waals surface area contributed by atoms with Gasteiger partial charge < -0.3 is 16.0 Å². The number of benzene rings is 1. The molecule has 1 aromatic carbocycles. The summed E-state index contributed by atoms with van der Waals surface area (Å²) in [5.74, 6) is 2.44. The van der Waals surface area contributed by atoms with Crippen LogP contribution < -0.4 is 16.0 Å². The van der Waals surface area contributed by atoms with Crippen LogP contribution in [0.25, 0.3) is 0 Å². The molecular formula is C23H33N3O2. The van der Waals surface area contributed by atoms with Gasteiger partial charge in [0.2, 0.25) is 5.91 Å². The van der Waals surface area contributed by atoms with Crippen LogP contribution in [0.1, 0.15) is 56.9 Å². The average molecular weight is 384 g/mol. The maximum Gasteiger partial charge on any atom is 0.315 e. The first-order valence-corrected chi connectivity index (χ1v) is 11.0. The van der Waals surface area contributed by atoms with Crippen molar-refractivity contribution in [3.63, 3.8) is 0 Å². The number of carbonyl (C=O) groups excluding carboxylic acids is 2. The first-order valence-electron chi connectivity index (χ1n) is 11.0. The predicted octanol–water partition coefficient (Wildman–Crippen LogP) is 3.39. The summed E-state index contributed by atoms with van der Waals surface area (Å²) in [6, 6.07) is 10.2. The van der Waals surface area contributed by atoms with E-state index in [1.54, 1.807) is 0 Å². The summed E-state index contributed by atoms with van der Waals surface area (Å²) in [6.45, 7) is 1.07. The van der Waals surface area contributed by atoms with E-state index in [0.29, 0.717) is 19.5 Å². The van der Waals surface area contributed by atoms with Crippen molar-refractivity contribution in [3.8, 4) is 0 Å². The van der Waals surface area contributed by atoms with Gasteiger partial charge in [-0.15, -0.1) is 0 Å². The largest absolute Gasteiger partial charge is 0.356 e. The first-order chi connectivity index (χ1) is 13.6. The molecule has 0 saturated heterocycles. The zero-order valence-electron chi connectivity index (χ0n) is 16.7. The van der Waals surface area contributed by atoms with E-state index in [1.165, 1.54) is 24.8 Å². The van der Waals surface area contributed by atoms with Crippen LogP contribution in [0, 0.1) is 17.8 Å². The van der Waals surface area contributed by atoms with Gasteiger partial charge in [-0.1, -0.05) is 30.3 Å². The van der Waals surface area contributed by atoms with Crippen LogP contribution in [0.3, 0.4) is 0 Å². The van der Waals surface area contributed by atoms with Gasteiger partial charge in [0, 0.05) is 25.0 Å². The summed E-state index contributed by atoms with van der Waals surface area (Å²) in [4.78, 5) is 24.3. The maximum absolute atomic E-state index is 12.4. The molecule has 28 heavy (non-hydrogen) atoms. The van der Waals surface area contributed by atoms with Gasteiger partial charge in [0.05, 0.1) is 0 Å². The van der Waals surface area contributed by atoms with Crippen LogP contribution in [0.4, 0.5) is 4.79 Å². The Hall–Kier alpha value is -2.04. The van der Waals surface area contributed by atoms with Gasteiger partial charge >= 0.3 is 6.03 Å². The van der Waals surface area contributed by atoms with Crippen molar-refractivity contribution in [1.82, 2.24) is 16.0 Å². The highest BCUT2D eigenvalue weighted by molar-refractivity contribution is 5.78. The fourth-order valence-electron chi connectivity index (χ4n) is 6.09. The van der Waals surface area contributed by atoms with Crippen molar-refractivity contribution in [2.75, 3.05) is 13.1 Å². The molecule has 0 spiro atoms. The number of rotatable bonds is 8. The van der Waals surface area contributed by atoms with Gasteiger partial charge in [0.25, 0.3) is 0 Å². The van der Waals surface area contributed by atoms with Gasteiger partial charge in [-0.2, -0.15) is 0 Å².